The lowest BCUT2D eigenvalue weighted by atomic mass is 10.2. The summed E-state index contributed by atoms with van der Waals surface area (Å²) in [5, 5.41) is 3.95. The van der Waals surface area contributed by atoms with Crippen LogP contribution in [0.15, 0.2) is 48.5 Å². The molecule has 0 radical (unpaired) electrons. The minimum Gasteiger partial charge on any atom is -0.497 e. The number of nitrogens with zero attached hydrogens (tertiary/aromatic N) is 2. The number of fused-ring (bicyclic) bond motifs is 1. The highest BCUT2D eigenvalue weighted by molar-refractivity contribution is 7.15. The second-order valence-electron chi connectivity index (χ2n) is 6.59. The molecule has 2 aromatic carbocycles. The van der Waals surface area contributed by atoms with Gasteiger partial charge in [0.2, 0.25) is 0 Å². The van der Waals surface area contributed by atoms with Gasteiger partial charge >= 0.3 is 6.03 Å². The SMILES string of the molecule is COc1cccc(-c2nc3c(s2)CN(C(=O)Nc2ccc(C)cc2)CC3)c1. The normalized spacial score (nSPS) is 13.2. The molecule has 0 fully saturated rings. The third-order valence-corrected chi connectivity index (χ3v) is 5.77. The zero-order chi connectivity index (χ0) is 18.8. The van der Waals surface area contributed by atoms with E-state index in [0.717, 1.165) is 39.0 Å². The number of ether oxygens (including phenoxy) is 1. The highest BCUT2D eigenvalue weighted by Crippen LogP contribution is 2.33. The van der Waals surface area contributed by atoms with Crippen LogP contribution in [0.2, 0.25) is 0 Å². The minimum atomic E-state index is -0.0687. The van der Waals surface area contributed by atoms with E-state index in [1.807, 2.05) is 60.4 Å². The lowest BCUT2D eigenvalue weighted by Crippen LogP contribution is -2.38. The quantitative estimate of drug-likeness (QED) is 0.716. The van der Waals surface area contributed by atoms with Gasteiger partial charge in [-0.1, -0.05) is 29.8 Å². The number of urea groups is 1. The number of carbonyl (C=O) groups is 1. The predicted octanol–water partition coefficient (Wildman–Crippen LogP) is 4.72. The Bertz CT molecular complexity index is 966. The molecular weight excluding hydrogens is 358 g/mol. The molecule has 5 nitrogen and oxygen atoms in total. The number of hydrogen-bond donors (Lipinski definition) is 1. The van der Waals surface area contributed by atoms with Crippen molar-refractivity contribution in [2.45, 2.75) is 19.9 Å². The fourth-order valence-corrected chi connectivity index (χ4v) is 4.21. The van der Waals surface area contributed by atoms with Crippen molar-refractivity contribution >= 4 is 23.1 Å². The number of thiazole rings is 1. The van der Waals surface area contributed by atoms with E-state index >= 15 is 0 Å². The summed E-state index contributed by atoms with van der Waals surface area (Å²) in [6.07, 6.45) is 0.775. The van der Waals surface area contributed by atoms with Gasteiger partial charge in [0.1, 0.15) is 10.8 Å². The number of hydrogen-bond acceptors (Lipinski definition) is 4. The van der Waals surface area contributed by atoms with Gasteiger partial charge in [-0.05, 0) is 31.2 Å². The third-order valence-electron chi connectivity index (χ3n) is 4.64. The molecule has 0 aliphatic carbocycles. The first-order valence-electron chi connectivity index (χ1n) is 8.88. The highest BCUT2D eigenvalue weighted by atomic mass is 32.1. The molecule has 0 atom stereocenters. The molecule has 138 valence electrons. The fourth-order valence-electron chi connectivity index (χ4n) is 3.09. The molecule has 1 N–H and O–H groups in total. The lowest BCUT2D eigenvalue weighted by Gasteiger charge is -2.26. The zero-order valence-electron chi connectivity index (χ0n) is 15.4. The maximum Gasteiger partial charge on any atom is 0.322 e. The van der Waals surface area contributed by atoms with Crippen LogP contribution in [0, 0.1) is 6.92 Å². The number of nitrogens with one attached hydrogen (secondary N) is 1. The topological polar surface area (TPSA) is 54.5 Å². The Morgan fingerprint density at radius 1 is 1.22 bits per heavy atom. The summed E-state index contributed by atoms with van der Waals surface area (Å²) in [6, 6.07) is 15.7. The van der Waals surface area contributed by atoms with Crippen LogP contribution in [0.25, 0.3) is 10.6 Å². The molecule has 4 rings (SSSR count). The molecule has 0 saturated carbocycles. The molecule has 1 aliphatic rings. The Hall–Kier alpha value is -2.86. The van der Waals surface area contributed by atoms with E-state index in [4.69, 9.17) is 9.72 Å². The maximum absolute atomic E-state index is 12.6. The summed E-state index contributed by atoms with van der Waals surface area (Å²) >= 11 is 1.65. The van der Waals surface area contributed by atoms with Crippen molar-refractivity contribution in [3.63, 3.8) is 0 Å². The van der Waals surface area contributed by atoms with Crippen molar-refractivity contribution in [3.05, 3.63) is 64.7 Å². The van der Waals surface area contributed by atoms with Crippen LogP contribution in [0.1, 0.15) is 16.1 Å². The average Bonchev–Trinajstić information content (AvgIpc) is 3.13. The number of aromatic nitrogens is 1. The Balaban J connectivity index is 1.49. The van der Waals surface area contributed by atoms with Crippen molar-refractivity contribution in [3.8, 4) is 16.3 Å². The largest absolute Gasteiger partial charge is 0.497 e. The Morgan fingerprint density at radius 2 is 2.04 bits per heavy atom. The Labute approximate surface area is 162 Å². The number of anilines is 1. The van der Waals surface area contributed by atoms with E-state index in [2.05, 4.69) is 5.32 Å². The minimum absolute atomic E-state index is 0.0687. The number of rotatable bonds is 3. The Kier molecular flexibility index (Phi) is 4.81. The van der Waals surface area contributed by atoms with E-state index in [-0.39, 0.29) is 6.03 Å². The van der Waals surface area contributed by atoms with Crippen LogP contribution in [0.3, 0.4) is 0 Å². The van der Waals surface area contributed by atoms with Gasteiger partial charge in [0, 0.05) is 29.1 Å². The van der Waals surface area contributed by atoms with E-state index in [1.54, 1.807) is 18.4 Å². The van der Waals surface area contributed by atoms with Gasteiger partial charge in [-0.2, -0.15) is 0 Å². The lowest BCUT2D eigenvalue weighted by molar-refractivity contribution is 0.207. The standard InChI is InChI=1S/C21H21N3O2S/c1-14-6-8-16(9-7-14)22-21(25)24-11-10-18-19(13-24)27-20(23-18)15-4-3-5-17(12-15)26-2/h3-9,12H,10-11,13H2,1-2H3,(H,22,25). The van der Waals surface area contributed by atoms with Crippen LogP contribution >= 0.6 is 11.3 Å². The first kappa shape index (κ1) is 17.5. The van der Waals surface area contributed by atoms with Gasteiger partial charge in [0.05, 0.1) is 19.3 Å². The number of amides is 2. The second-order valence-corrected chi connectivity index (χ2v) is 7.67. The molecule has 3 aromatic rings. The molecule has 27 heavy (non-hydrogen) atoms. The van der Waals surface area contributed by atoms with Gasteiger partial charge in [-0.3, -0.25) is 0 Å². The van der Waals surface area contributed by atoms with Gasteiger partial charge in [0.25, 0.3) is 0 Å². The number of benzene rings is 2. The zero-order valence-corrected chi connectivity index (χ0v) is 16.2. The van der Waals surface area contributed by atoms with Gasteiger partial charge in [-0.15, -0.1) is 11.3 Å². The van der Waals surface area contributed by atoms with Crippen LogP contribution in [-0.4, -0.2) is 29.6 Å². The summed E-state index contributed by atoms with van der Waals surface area (Å²) in [4.78, 5) is 20.4. The first-order valence-corrected chi connectivity index (χ1v) is 9.69. The van der Waals surface area contributed by atoms with Crippen molar-refractivity contribution in [1.29, 1.82) is 0 Å². The molecular formula is C21H21N3O2S. The third kappa shape index (κ3) is 3.80. The summed E-state index contributed by atoms with van der Waals surface area (Å²) in [5.41, 5.74) is 4.13. The van der Waals surface area contributed by atoms with E-state index in [9.17, 15) is 4.79 Å². The van der Waals surface area contributed by atoms with Crippen LogP contribution in [0.5, 0.6) is 5.75 Å². The summed E-state index contributed by atoms with van der Waals surface area (Å²) in [7, 11) is 1.66. The number of carbonyl (C=O) groups excluding carboxylic acids is 1. The summed E-state index contributed by atoms with van der Waals surface area (Å²) in [6.45, 7) is 3.29. The van der Waals surface area contributed by atoms with Crippen molar-refractivity contribution in [1.82, 2.24) is 9.88 Å². The van der Waals surface area contributed by atoms with Gasteiger partial charge in [0.15, 0.2) is 0 Å². The van der Waals surface area contributed by atoms with Crippen LogP contribution in [-0.2, 0) is 13.0 Å². The molecule has 0 bridgehead atoms. The molecule has 2 heterocycles. The van der Waals surface area contributed by atoms with E-state index in [1.165, 1.54) is 5.56 Å². The second kappa shape index (κ2) is 7.40. The molecule has 1 aromatic heterocycles. The van der Waals surface area contributed by atoms with Gasteiger partial charge < -0.3 is 15.0 Å². The van der Waals surface area contributed by atoms with Crippen LogP contribution in [0.4, 0.5) is 10.5 Å². The number of methoxy groups -OCH3 is 1. The average molecular weight is 379 g/mol. The van der Waals surface area contributed by atoms with Crippen molar-refractivity contribution < 1.29 is 9.53 Å². The first-order chi connectivity index (χ1) is 13.1. The highest BCUT2D eigenvalue weighted by Gasteiger charge is 2.24. The molecule has 0 spiro atoms. The Morgan fingerprint density at radius 3 is 2.81 bits per heavy atom. The number of aryl methyl sites for hydroxylation is 1. The summed E-state index contributed by atoms with van der Waals surface area (Å²) in [5.74, 6) is 0.819. The molecule has 6 heteroatoms. The molecule has 1 aliphatic heterocycles. The maximum atomic E-state index is 12.6. The monoisotopic (exact) mass is 379 g/mol. The van der Waals surface area contributed by atoms with E-state index in [0.29, 0.717) is 13.1 Å². The predicted molar refractivity (Wildman–Crippen MR) is 108 cm³/mol. The smallest absolute Gasteiger partial charge is 0.322 e. The van der Waals surface area contributed by atoms with Gasteiger partial charge in [-0.25, -0.2) is 9.78 Å². The summed E-state index contributed by atoms with van der Waals surface area (Å²) < 4.78 is 5.31. The molecule has 0 unspecified atom stereocenters. The molecule has 2 amide bonds. The fraction of sp³-hybridized carbons (Fsp3) is 0.238. The van der Waals surface area contributed by atoms with E-state index < -0.39 is 0 Å². The molecule has 0 saturated heterocycles. The van der Waals surface area contributed by atoms with Crippen LogP contribution < -0.4 is 10.1 Å². The van der Waals surface area contributed by atoms with Crippen molar-refractivity contribution in [2.24, 2.45) is 0 Å². The van der Waals surface area contributed by atoms with Crippen molar-refractivity contribution in [2.75, 3.05) is 19.0 Å².